The molecule has 0 bridgehead atoms. The summed E-state index contributed by atoms with van der Waals surface area (Å²) >= 11 is 0. The zero-order chi connectivity index (χ0) is 7.11. The van der Waals surface area contributed by atoms with Crippen LogP contribution in [-0.4, -0.2) is 0 Å². The highest BCUT2D eigenvalue weighted by atomic mass is 14.0. The van der Waals surface area contributed by atoms with E-state index in [-0.39, 0.29) is 0 Å². The van der Waals surface area contributed by atoms with Crippen molar-refractivity contribution < 1.29 is 0 Å². The number of hydrogen-bond acceptors (Lipinski definition) is 0. The van der Waals surface area contributed by atoms with Crippen molar-refractivity contribution >= 4 is 0 Å². The van der Waals surface area contributed by atoms with Gasteiger partial charge in [-0.1, -0.05) is 46.0 Å². The first kappa shape index (κ1) is 9.00. The van der Waals surface area contributed by atoms with Gasteiger partial charge in [0.1, 0.15) is 0 Å². The molecule has 0 aromatic carbocycles. The van der Waals surface area contributed by atoms with E-state index in [9.17, 15) is 0 Å². The van der Waals surface area contributed by atoms with Crippen molar-refractivity contribution in [3.05, 3.63) is 6.92 Å². The zero-order valence-electron chi connectivity index (χ0n) is 6.69. The van der Waals surface area contributed by atoms with Crippen molar-refractivity contribution in [1.29, 1.82) is 0 Å². The molecule has 0 aliphatic heterocycles. The van der Waals surface area contributed by atoms with Gasteiger partial charge in [-0.05, 0) is 12.8 Å². The molecule has 54 valence electrons. The van der Waals surface area contributed by atoms with E-state index >= 15 is 0 Å². The van der Waals surface area contributed by atoms with Crippen LogP contribution in [0.2, 0.25) is 0 Å². The van der Waals surface area contributed by atoms with E-state index < -0.39 is 0 Å². The maximum Gasteiger partial charge on any atom is -0.0321 e. The summed E-state index contributed by atoms with van der Waals surface area (Å²) in [5.74, 6) is 0.404. The minimum Gasteiger partial charge on any atom is -0.0654 e. The van der Waals surface area contributed by atoms with Gasteiger partial charge in [0.15, 0.2) is 0 Å². The summed E-state index contributed by atoms with van der Waals surface area (Å²) in [6.07, 6.45) is 6.55. The van der Waals surface area contributed by atoms with Crippen LogP contribution in [0, 0.1) is 12.8 Å². The first-order chi connectivity index (χ1) is 4.27. The van der Waals surface area contributed by atoms with Crippen molar-refractivity contribution in [3.8, 4) is 0 Å². The fourth-order valence-corrected chi connectivity index (χ4v) is 0.893. The lowest BCUT2D eigenvalue weighted by molar-refractivity contribution is 0.559. The van der Waals surface area contributed by atoms with Gasteiger partial charge >= 0.3 is 0 Å². The van der Waals surface area contributed by atoms with E-state index in [0.29, 0.717) is 5.92 Å². The Morgan fingerprint density at radius 3 is 2.33 bits per heavy atom. The molecule has 0 fully saturated rings. The maximum atomic E-state index is 5.57. The highest BCUT2D eigenvalue weighted by Crippen LogP contribution is 2.08. The molecule has 1 unspecified atom stereocenters. The fourth-order valence-electron chi connectivity index (χ4n) is 0.893. The molecule has 0 nitrogen and oxygen atoms in total. The third kappa shape index (κ3) is 8.00. The van der Waals surface area contributed by atoms with Crippen LogP contribution in [0.25, 0.3) is 0 Å². The minimum absolute atomic E-state index is 0.404. The largest absolute Gasteiger partial charge is 0.0654 e. The third-order valence-corrected chi connectivity index (χ3v) is 1.51. The molecule has 0 N–H and O–H groups in total. The Balaban J connectivity index is 2.75. The first-order valence-corrected chi connectivity index (χ1v) is 4.03. The summed E-state index contributed by atoms with van der Waals surface area (Å²) in [5, 5.41) is 0. The Morgan fingerprint density at radius 1 is 1.22 bits per heavy atom. The molecule has 9 heavy (non-hydrogen) atoms. The van der Waals surface area contributed by atoms with Crippen LogP contribution in [0.4, 0.5) is 0 Å². The summed E-state index contributed by atoms with van der Waals surface area (Å²) in [6, 6.07) is 0. The summed E-state index contributed by atoms with van der Waals surface area (Å²) < 4.78 is 0. The quantitative estimate of drug-likeness (QED) is 0.496. The molecular formula is C9H18. The normalized spacial score (nSPS) is 10.7. The van der Waals surface area contributed by atoms with E-state index in [1.54, 1.807) is 0 Å². The fraction of sp³-hybridized carbons (Fsp3) is 0.889. The van der Waals surface area contributed by atoms with Crippen LogP contribution >= 0.6 is 0 Å². The predicted octanol–water partition coefficient (Wildman–Crippen LogP) is 3.30. The summed E-state index contributed by atoms with van der Waals surface area (Å²) in [4.78, 5) is 0. The van der Waals surface area contributed by atoms with Gasteiger partial charge in [0.2, 0.25) is 0 Å². The van der Waals surface area contributed by atoms with Gasteiger partial charge < -0.3 is 0 Å². The van der Waals surface area contributed by atoms with E-state index in [2.05, 4.69) is 13.8 Å². The van der Waals surface area contributed by atoms with E-state index in [0.717, 1.165) is 0 Å². The molecule has 0 heteroatoms. The van der Waals surface area contributed by atoms with Crippen LogP contribution in [0.15, 0.2) is 0 Å². The average molecular weight is 126 g/mol. The molecule has 0 aromatic heterocycles. The van der Waals surface area contributed by atoms with Crippen molar-refractivity contribution in [2.45, 2.75) is 46.0 Å². The Labute approximate surface area is 59.7 Å². The van der Waals surface area contributed by atoms with Crippen molar-refractivity contribution in [2.75, 3.05) is 0 Å². The van der Waals surface area contributed by atoms with Gasteiger partial charge in [0.25, 0.3) is 0 Å². The molecule has 0 aliphatic rings. The zero-order valence-corrected chi connectivity index (χ0v) is 6.69. The van der Waals surface area contributed by atoms with Gasteiger partial charge in [-0.2, -0.15) is 0 Å². The van der Waals surface area contributed by atoms with E-state index in [1.807, 2.05) is 0 Å². The smallest absolute Gasteiger partial charge is 0.0321 e. The lowest BCUT2D eigenvalue weighted by Crippen LogP contribution is -1.86. The monoisotopic (exact) mass is 126 g/mol. The topological polar surface area (TPSA) is 0 Å². The molecule has 0 spiro atoms. The predicted molar refractivity (Wildman–Crippen MR) is 42.2 cm³/mol. The standard InChI is InChI=1S/C9H18/c1-4-5-6-7-8-9(2)3/h2,9H,4-8H2,1,3H3. The van der Waals surface area contributed by atoms with Gasteiger partial charge in [-0.25, -0.2) is 0 Å². The molecule has 0 aromatic rings. The third-order valence-electron chi connectivity index (χ3n) is 1.51. The molecule has 0 rings (SSSR count). The first-order valence-electron chi connectivity index (χ1n) is 4.03. The summed E-state index contributed by atoms with van der Waals surface area (Å²) in [5.41, 5.74) is 0. The van der Waals surface area contributed by atoms with Crippen LogP contribution in [0.3, 0.4) is 0 Å². The van der Waals surface area contributed by atoms with Crippen molar-refractivity contribution in [1.82, 2.24) is 0 Å². The molecule has 0 aliphatic carbocycles. The second-order valence-corrected chi connectivity index (χ2v) is 2.83. The lowest BCUT2D eigenvalue weighted by atomic mass is 10.1. The van der Waals surface area contributed by atoms with Crippen LogP contribution in [0.1, 0.15) is 46.0 Å². The molecular weight excluding hydrogens is 108 g/mol. The number of unbranched alkanes of at least 4 members (excludes halogenated alkanes) is 3. The minimum atomic E-state index is 0.404. The summed E-state index contributed by atoms with van der Waals surface area (Å²) in [6.45, 7) is 9.88. The molecule has 0 amide bonds. The van der Waals surface area contributed by atoms with Crippen molar-refractivity contribution in [2.24, 2.45) is 5.92 Å². The summed E-state index contributed by atoms with van der Waals surface area (Å²) in [7, 11) is 0. The van der Waals surface area contributed by atoms with E-state index in [4.69, 9.17) is 6.92 Å². The Hall–Kier alpha value is 0. The molecule has 0 heterocycles. The maximum absolute atomic E-state index is 5.57. The SMILES string of the molecule is [CH]C(C)CCCCCC. The Kier molecular flexibility index (Phi) is 6.12. The van der Waals surface area contributed by atoms with Gasteiger partial charge in [0, 0.05) is 0 Å². The second kappa shape index (κ2) is 6.12. The van der Waals surface area contributed by atoms with Crippen LogP contribution in [0.5, 0.6) is 0 Å². The Morgan fingerprint density at radius 2 is 1.89 bits per heavy atom. The molecule has 1 atom stereocenters. The highest BCUT2D eigenvalue weighted by molar-refractivity contribution is 4.53. The average Bonchev–Trinajstić information content (AvgIpc) is 1.80. The van der Waals surface area contributed by atoms with Crippen LogP contribution < -0.4 is 0 Å². The molecule has 2 radical (unpaired) electrons. The van der Waals surface area contributed by atoms with Gasteiger partial charge in [0.05, 0.1) is 0 Å². The van der Waals surface area contributed by atoms with Gasteiger partial charge in [-0.15, -0.1) is 0 Å². The number of rotatable bonds is 5. The Bertz CT molecular complexity index is 46.0. The second-order valence-electron chi connectivity index (χ2n) is 2.83. The lowest BCUT2D eigenvalue weighted by Gasteiger charge is -2.01. The highest BCUT2D eigenvalue weighted by Gasteiger charge is 1.92. The van der Waals surface area contributed by atoms with Gasteiger partial charge in [-0.3, -0.25) is 0 Å². The molecule has 0 saturated heterocycles. The number of hydrogen-bond donors (Lipinski definition) is 0. The van der Waals surface area contributed by atoms with Crippen molar-refractivity contribution in [3.63, 3.8) is 0 Å². The molecule has 0 saturated carbocycles. The van der Waals surface area contributed by atoms with E-state index in [1.165, 1.54) is 32.1 Å². The van der Waals surface area contributed by atoms with Crippen LogP contribution in [-0.2, 0) is 0 Å².